The number of hydrogen-bond acceptors (Lipinski definition) is 3. The average Bonchev–Trinajstić information content (AvgIpc) is 2.38. The summed E-state index contributed by atoms with van der Waals surface area (Å²) in [6.07, 6.45) is 3.06. The normalized spacial score (nSPS) is 12.2. The fourth-order valence-electron chi connectivity index (χ4n) is 1.69. The van der Waals surface area contributed by atoms with E-state index in [1.54, 1.807) is 24.4 Å². The number of benzene rings is 1. The van der Waals surface area contributed by atoms with Gasteiger partial charge in [-0.15, -0.1) is 0 Å². The van der Waals surface area contributed by atoms with Crippen molar-refractivity contribution in [2.45, 2.75) is 6.04 Å². The van der Waals surface area contributed by atoms with Crippen LogP contribution in [-0.2, 0) is 0 Å². The van der Waals surface area contributed by atoms with Crippen LogP contribution in [0.15, 0.2) is 36.7 Å². The number of aromatic nitrogens is 1. The van der Waals surface area contributed by atoms with Gasteiger partial charge in [0.1, 0.15) is 11.6 Å². The molecule has 1 aromatic heterocycles. The minimum absolute atomic E-state index is 0.365. The molecule has 2 rings (SSSR count). The Bertz CT molecular complexity index is 562. The van der Waals surface area contributed by atoms with Crippen LogP contribution in [-0.4, -0.2) is 12.1 Å². The molecule has 0 saturated carbocycles. The van der Waals surface area contributed by atoms with Crippen LogP contribution < -0.4 is 10.5 Å². The summed E-state index contributed by atoms with van der Waals surface area (Å²) < 4.78 is 18.8. The SMILES string of the molecule is COc1ccc(C(N)c2ccncc2Cl)c(F)c1. The second-order valence-electron chi connectivity index (χ2n) is 3.76. The van der Waals surface area contributed by atoms with Gasteiger partial charge in [0.05, 0.1) is 18.2 Å². The first kappa shape index (κ1) is 12.8. The maximum Gasteiger partial charge on any atom is 0.132 e. The monoisotopic (exact) mass is 266 g/mol. The molecular formula is C13H12ClFN2O. The van der Waals surface area contributed by atoms with Gasteiger partial charge in [-0.2, -0.15) is 0 Å². The first-order valence-electron chi connectivity index (χ1n) is 5.32. The summed E-state index contributed by atoms with van der Waals surface area (Å²) in [6, 6.07) is 5.59. The summed E-state index contributed by atoms with van der Waals surface area (Å²) in [7, 11) is 1.48. The van der Waals surface area contributed by atoms with Gasteiger partial charge in [-0.1, -0.05) is 17.7 Å². The Morgan fingerprint density at radius 2 is 2.11 bits per heavy atom. The van der Waals surface area contributed by atoms with Crippen LogP contribution in [0.1, 0.15) is 17.2 Å². The van der Waals surface area contributed by atoms with E-state index in [4.69, 9.17) is 22.1 Å². The Morgan fingerprint density at radius 1 is 1.33 bits per heavy atom. The Morgan fingerprint density at radius 3 is 2.72 bits per heavy atom. The molecule has 0 radical (unpaired) electrons. The van der Waals surface area contributed by atoms with E-state index in [-0.39, 0.29) is 0 Å². The molecule has 0 amide bonds. The van der Waals surface area contributed by atoms with E-state index in [0.717, 1.165) is 0 Å². The van der Waals surface area contributed by atoms with Crippen molar-refractivity contribution in [2.24, 2.45) is 5.73 Å². The largest absolute Gasteiger partial charge is 0.497 e. The predicted molar refractivity (Wildman–Crippen MR) is 68.2 cm³/mol. The minimum Gasteiger partial charge on any atom is -0.497 e. The Labute approximate surface area is 109 Å². The molecule has 0 spiro atoms. The van der Waals surface area contributed by atoms with Crippen LogP contribution in [0.3, 0.4) is 0 Å². The number of ether oxygens (including phenoxy) is 1. The number of halogens is 2. The van der Waals surface area contributed by atoms with Crippen molar-refractivity contribution in [2.75, 3.05) is 7.11 Å². The second kappa shape index (κ2) is 5.33. The van der Waals surface area contributed by atoms with Crippen LogP contribution in [0.25, 0.3) is 0 Å². The van der Waals surface area contributed by atoms with Gasteiger partial charge in [0.2, 0.25) is 0 Å². The Hall–Kier alpha value is -1.65. The zero-order valence-corrected chi connectivity index (χ0v) is 10.5. The molecule has 0 aliphatic rings. The van der Waals surface area contributed by atoms with E-state index in [2.05, 4.69) is 4.98 Å². The van der Waals surface area contributed by atoms with Crippen LogP contribution in [0.5, 0.6) is 5.75 Å². The van der Waals surface area contributed by atoms with E-state index >= 15 is 0 Å². The van der Waals surface area contributed by atoms with Gasteiger partial charge in [0, 0.05) is 24.0 Å². The lowest BCUT2D eigenvalue weighted by Crippen LogP contribution is -2.14. The summed E-state index contributed by atoms with van der Waals surface area (Å²) in [5, 5.41) is 0.417. The van der Waals surface area contributed by atoms with Gasteiger partial charge in [-0.05, 0) is 17.7 Å². The molecule has 3 nitrogen and oxygen atoms in total. The lowest BCUT2D eigenvalue weighted by molar-refractivity contribution is 0.410. The first-order valence-corrected chi connectivity index (χ1v) is 5.69. The van der Waals surface area contributed by atoms with Gasteiger partial charge in [-0.25, -0.2) is 4.39 Å². The first-order chi connectivity index (χ1) is 8.63. The Balaban J connectivity index is 2.40. The van der Waals surface area contributed by atoms with Crippen LogP contribution in [0.2, 0.25) is 5.02 Å². The fraction of sp³-hybridized carbons (Fsp3) is 0.154. The standard InChI is InChI=1S/C13H12ClFN2O/c1-18-8-2-3-10(12(15)6-8)13(16)9-4-5-17-7-11(9)14/h2-7,13H,16H2,1H3. The molecule has 94 valence electrons. The quantitative estimate of drug-likeness (QED) is 0.929. The summed E-state index contributed by atoms with van der Waals surface area (Å²) in [6.45, 7) is 0. The van der Waals surface area contributed by atoms with Crippen LogP contribution in [0, 0.1) is 5.82 Å². The highest BCUT2D eigenvalue weighted by Crippen LogP contribution is 2.28. The second-order valence-corrected chi connectivity index (χ2v) is 4.17. The van der Waals surface area contributed by atoms with Crippen molar-refractivity contribution in [3.05, 3.63) is 58.6 Å². The molecule has 2 N–H and O–H groups in total. The number of nitrogens with zero attached hydrogens (tertiary/aromatic N) is 1. The number of hydrogen-bond donors (Lipinski definition) is 1. The highest BCUT2D eigenvalue weighted by atomic mass is 35.5. The number of rotatable bonds is 3. The molecule has 0 saturated heterocycles. The smallest absolute Gasteiger partial charge is 0.132 e. The average molecular weight is 267 g/mol. The number of methoxy groups -OCH3 is 1. The van der Waals surface area contributed by atoms with Gasteiger partial charge < -0.3 is 10.5 Å². The molecule has 5 heteroatoms. The van der Waals surface area contributed by atoms with E-state index in [1.165, 1.54) is 19.4 Å². The van der Waals surface area contributed by atoms with E-state index in [1.807, 2.05) is 0 Å². The van der Waals surface area contributed by atoms with Crippen molar-refractivity contribution in [1.82, 2.24) is 4.98 Å². The lowest BCUT2D eigenvalue weighted by atomic mass is 10.00. The summed E-state index contributed by atoms with van der Waals surface area (Å²) in [5.41, 5.74) is 7.02. The van der Waals surface area contributed by atoms with Gasteiger partial charge in [-0.3, -0.25) is 4.98 Å². The number of nitrogens with two attached hydrogens (primary N) is 1. The fourth-order valence-corrected chi connectivity index (χ4v) is 1.93. The summed E-state index contributed by atoms with van der Waals surface area (Å²) in [5.74, 6) is 0.0269. The zero-order valence-electron chi connectivity index (χ0n) is 9.73. The minimum atomic E-state index is -0.633. The van der Waals surface area contributed by atoms with Gasteiger partial charge in [0.25, 0.3) is 0 Å². The van der Waals surface area contributed by atoms with Gasteiger partial charge in [0.15, 0.2) is 0 Å². The highest BCUT2D eigenvalue weighted by molar-refractivity contribution is 6.31. The van der Waals surface area contributed by atoms with Crippen molar-refractivity contribution < 1.29 is 9.13 Å². The molecule has 0 aliphatic heterocycles. The summed E-state index contributed by atoms with van der Waals surface area (Å²) in [4.78, 5) is 3.87. The third-order valence-corrected chi connectivity index (χ3v) is 3.00. The Kier molecular flexibility index (Phi) is 3.79. The third-order valence-electron chi connectivity index (χ3n) is 2.68. The van der Waals surface area contributed by atoms with Gasteiger partial charge >= 0.3 is 0 Å². The zero-order chi connectivity index (χ0) is 13.1. The van der Waals surface area contributed by atoms with Crippen LogP contribution >= 0.6 is 11.6 Å². The lowest BCUT2D eigenvalue weighted by Gasteiger charge is -2.15. The molecule has 0 bridgehead atoms. The highest BCUT2D eigenvalue weighted by Gasteiger charge is 2.16. The maximum absolute atomic E-state index is 13.9. The topological polar surface area (TPSA) is 48.1 Å². The van der Waals surface area contributed by atoms with Crippen molar-refractivity contribution in [1.29, 1.82) is 0 Å². The molecule has 2 aromatic rings. The maximum atomic E-state index is 13.9. The molecule has 0 fully saturated rings. The van der Waals surface area contributed by atoms with E-state index < -0.39 is 11.9 Å². The molecule has 0 aliphatic carbocycles. The van der Waals surface area contributed by atoms with Crippen molar-refractivity contribution in [3.8, 4) is 5.75 Å². The molecule has 1 aromatic carbocycles. The third kappa shape index (κ3) is 2.44. The molecule has 1 heterocycles. The van der Waals surface area contributed by atoms with Crippen molar-refractivity contribution >= 4 is 11.6 Å². The number of pyridine rings is 1. The summed E-state index contributed by atoms with van der Waals surface area (Å²) >= 11 is 5.99. The molecule has 1 atom stereocenters. The molecule has 1 unspecified atom stereocenters. The van der Waals surface area contributed by atoms with E-state index in [9.17, 15) is 4.39 Å². The molecule has 18 heavy (non-hydrogen) atoms. The molecular weight excluding hydrogens is 255 g/mol. The van der Waals surface area contributed by atoms with Crippen LogP contribution in [0.4, 0.5) is 4.39 Å². The van der Waals surface area contributed by atoms with E-state index in [0.29, 0.717) is 21.9 Å². The van der Waals surface area contributed by atoms with Crippen molar-refractivity contribution in [3.63, 3.8) is 0 Å². The predicted octanol–water partition coefficient (Wildman–Crippen LogP) is 2.93.